The molecule has 0 unspecified atom stereocenters. The lowest BCUT2D eigenvalue weighted by atomic mass is 9.98. The van der Waals surface area contributed by atoms with Gasteiger partial charge in [-0.3, -0.25) is 9.97 Å². The Bertz CT molecular complexity index is 1650. The summed E-state index contributed by atoms with van der Waals surface area (Å²) >= 11 is 0. The smallest absolute Gasteiger partial charge is 0.144 e. The maximum atomic E-state index is 7.53. The SMILES string of the molecule is [2H]C([2H])([2H])c1cnc(-c2cccc3c2oc2c(-c4ccc(-c5ccccc5)cc4)cccc23)cn1. The second-order valence-electron chi connectivity index (χ2n) is 7.70. The van der Waals surface area contributed by atoms with Crippen molar-refractivity contribution < 1.29 is 8.53 Å². The van der Waals surface area contributed by atoms with Crippen molar-refractivity contribution in [2.75, 3.05) is 0 Å². The van der Waals surface area contributed by atoms with Crippen molar-refractivity contribution in [2.45, 2.75) is 6.85 Å². The molecule has 0 aliphatic rings. The number of aromatic nitrogens is 2. The number of nitrogens with zero attached hydrogens (tertiary/aromatic N) is 2. The van der Waals surface area contributed by atoms with Gasteiger partial charge < -0.3 is 4.42 Å². The summed E-state index contributed by atoms with van der Waals surface area (Å²) in [6.07, 6.45) is 2.80. The van der Waals surface area contributed by atoms with Crippen molar-refractivity contribution in [3.05, 3.63) is 109 Å². The van der Waals surface area contributed by atoms with E-state index in [4.69, 9.17) is 8.53 Å². The van der Waals surface area contributed by atoms with Crippen molar-refractivity contribution in [1.29, 1.82) is 0 Å². The Morgan fingerprint density at radius 3 is 1.94 bits per heavy atom. The molecule has 2 aromatic heterocycles. The summed E-state index contributed by atoms with van der Waals surface area (Å²) in [4.78, 5) is 8.49. The molecule has 0 saturated carbocycles. The maximum Gasteiger partial charge on any atom is 0.144 e. The van der Waals surface area contributed by atoms with Crippen LogP contribution in [0.2, 0.25) is 0 Å². The van der Waals surface area contributed by atoms with Gasteiger partial charge in [0.05, 0.1) is 17.6 Å². The summed E-state index contributed by atoms with van der Waals surface area (Å²) in [6.45, 7) is -2.29. The number of para-hydroxylation sites is 2. The van der Waals surface area contributed by atoms with E-state index in [1.165, 1.54) is 18.0 Å². The molecule has 6 aromatic rings. The number of furan rings is 1. The summed E-state index contributed by atoms with van der Waals surface area (Å²) in [5.74, 6) is 0. The standard InChI is InChI=1S/C29H20N2O/c1-19-17-31-27(18-30-19)26-12-6-11-25-24-10-5-9-23(28(24)32-29(25)26)22-15-13-21(14-16-22)20-7-3-2-4-8-20/h2-18H,1H3/i1D3. The van der Waals surface area contributed by atoms with Gasteiger partial charge in [0.2, 0.25) is 0 Å². The van der Waals surface area contributed by atoms with Gasteiger partial charge in [0.15, 0.2) is 0 Å². The van der Waals surface area contributed by atoms with Gasteiger partial charge >= 0.3 is 0 Å². The van der Waals surface area contributed by atoms with E-state index in [-0.39, 0.29) is 5.69 Å². The zero-order valence-electron chi connectivity index (χ0n) is 20.1. The van der Waals surface area contributed by atoms with E-state index in [2.05, 4.69) is 58.5 Å². The quantitative estimate of drug-likeness (QED) is 0.297. The van der Waals surface area contributed by atoms with Gasteiger partial charge in [-0.1, -0.05) is 84.9 Å². The molecule has 0 radical (unpaired) electrons. The van der Waals surface area contributed by atoms with Crippen LogP contribution in [-0.4, -0.2) is 9.97 Å². The van der Waals surface area contributed by atoms with E-state index < -0.39 is 6.85 Å². The number of fused-ring (bicyclic) bond motifs is 3. The van der Waals surface area contributed by atoms with E-state index in [0.717, 1.165) is 38.6 Å². The number of hydrogen-bond acceptors (Lipinski definition) is 3. The Balaban J connectivity index is 1.46. The molecule has 0 amide bonds. The van der Waals surface area contributed by atoms with E-state index in [9.17, 15) is 0 Å². The second kappa shape index (κ2) is 7.47. The molecule has 4 aromatic carbocycles. The zero-order valence-corrected chi connectivity index (χ0v) is 17.1. The molecule has 0 saturated heterocycles. The first-order valence-corrected chi connectivity index (χ1v) is 10.4. The third-order valence-corrected chi connectivity index (χ3v) is 5.76. The van der Waals surface area contributed by atoms with Crippen LogP contribution in [0.1, 0.15) is 9.81 Å². The van der Waals surface area contributed by atoms with Gasteiger partial charge in [0.1, 0.15) is 11.2 Å². The Hall–Kier alpha value is -4.24. The van der Waals surface area contributed by atoms with Crippen LogP contribution in [0, 0.1) is 6.85 Å². The number of hydrogen-bond donors (Lipinski definition) is 0. The molecule has 0 spiro atoms. The predicted octanol–water partition coefficient (Wildman–Crippen LogP) is 7.69. The molecule has 0 fully saturated rings. The molecular weight excluding hydrogens is 392 g/mol. The molecule has 2 heterocycles. The molecule has 0 atom stereocenters. The lowest BCUT2D eigenvalue weighted by Crippen LogP contribution is -1.88. The molecule has 3 nitrogen and oxygen atoms in total. The molecular formula is C29H20N2O. The van der Waals surface area contributed by atoms with E-state index in [1.807, 2.05) is 42.5 Å². The first-order valence-electron chi connectivity index (χ1n) is 11.9. The van der Waals surface area contributed by atoms with Crippen LogP contribution in [0.15, 0.2) is 108 Å². The summed E-state index contributed by atoms with van der Waals surface area (Å²) in [7, 11) is 0. The van der Waals surface area contributed by atoms with Crippen LogP contribution in [0.4, 0.5) is 0 Å². The molecule has 32 heavy (non-hydrogen) atoms. The van der Waals surface area contributed by atoms with Crippen LogP contribution in [0.25, 0.3) is 55.4 Å². The van der Waals surface area contributed by atoms with Gasteiger partial charge in [0, 0.05) is 32.2 Å². The molecule has 6 rings (SSSR count). The van der Waals surface area contributed by atoms with Crippen molar-refractivity contribution in [2.24, 2.45) is 0 Å². The van der Waals surface area contributed by atoms with Gasteiger partial charge in [-0.05, 0) is 29.6 Å². The minimum absolute atomic E-state index is 0.0285. The highest BCUT2D eigenvalue weighted by Crippen LogP contribution is 2.39. The third-order valence-electron chi connectivity index (χ3n) is 5.76. The zero-order chi connectivity index (χ0) is 24.0. The van der Waals surface area contributed by atoms with Gasteiger partial charge in [-0.15, -0.1) is 0 Å². The first-order chi connectivity index (χ1) is 17.0. The largest absolute Gasteiger partial charge is 0.455 e. The van der Waals surface area contributed by atoms with Crippen LogP contribution in [0.3, 0.4) is 0 Å². The Morgan fingerprint density at radius 2 is 1.25 bits per heavy atom. The van der Waals surface area contributed by atoms with E-state index in [1.54, 1.807) is 0 Å². The van der Waals surface area contributed by atoms with E-state index in [0.29, 0.717) is 11.3 Å². The predicted molar refractivity (Wildman–Crippen MR) is 130 cm³/mol. The number of aryl methyl sites for hydroxylation is 1. The van der Waals surface area contributed by atoms with Crippen molar-refractivity contribution in [1.82, 2.24) is 9.97 Å². The molecule has 0 N–H and O–H groups in total. The van der Waals surface area contributed by atoms with Gasteiger partial charge in [-0.25, -0.2) is 0 Å². The van der Waals surface area contributed by atoms with Gasteiger partial charge in [0.25, 0.3) is 0 Å². The number of rotatable bonds is 3. The lowest BCUT2D eigenvalue weighted by molar-refractivity contribution is 0.671. The third kappa shape index (κ3) is 3.07. The summed E-state index contributed by atoms with van der Waals surface area (Å²) in [5, 5.41) is 1.99. The monoisotopic (exact) mass is 415 g/mol. The van der Waals surface area contributed by atoms with Crippen molar-refractivity contribution in [3.8, 4) is 33.5 Å². The summed E-state index contributed by atoms with van der Waals surface area (Å²) in [5.41, 5.74) is 7.22. The van der Waals surface area contributed by atoms with Crippen LogP contribution in [-0.2, 0) is 0 Å². The normalized spacial score (nSPS) is 13.1. The fourth-order valence-electron chi connectivity index (χ4n) is 4.19. The fourth-order valence-corrected chi connectivity index (χ4v) is 4.19. The molecule has 152 valence electrons. The lowest BCUT2D eigenvalue weighted by Gasteiger charge is -2.05. The van der Waals surface area contributed by atoms with Crippen LogP contribution >= 0.6 is 0 Å². The summed E-state index contributed by atoms with van der Waals surface area (Å²) in [6, 6.07) is 30.8. The van der Waals surface area contributed by atoms with Crippen LogP contribution in [0.5, 0.6) is 0 Å². The first kappa shape index (κ1) is 15.5. The highest BCUT2D eigenvalue weighted by atomic mass is 16.3. The minimum atomic E-state index is -2.29. The number of benzene rings is 4. The molecule has 3 heteroatoms. The molecule has 0 aliphatic carbocycles. The van der Waals surface area contributed by atoms with Crippen molar-refractivity contribution in [3.63, 3.8) is 0 Å². The van der Waals surface area contributed by atoms with E-state index >= 15 is 0 Å². The maximum absolute atomic E-state index is 7.53. The Labute approximate surface area is 190 Å². The second-order valence-corrected chi connectivity index (χ2v) is 7.70. The van der Waals surface area contributed by atoms with Crippen molar-refractivity contribution >= 4 is 21.9 Å². The highest BCUT2D eigenvalue weighted by Gasteiger charge is 2.16. The average Bonchev–Trinajstić information content (AvgIpc) is 3.28. The minimum Gasteiger partial charge on any atom is -0.455 e. The highest BCUT2D eigenvalue weighted by molar-refractivity contribution is 6.12. The van der Waals surface area contributed by atoms with Gasteiger partial charge in [-0.2, -0.15) is 0 Å². The van der Waals surface area contributed by atoms with Crippen LogP contribution < -0.4 is 0 Å². The molecule has 0 aliphatic heterocycles. The summed E-state index contributed by atoms with van der Waals surface area (Å²) < 4.78 is 29.1. The average molecular weight is 416 g/mol. The topological polar surface area (TPSA) is 38.9 Å². The molecule has 0 bridgehead atoms. The Morgan fingerprint density at radius 1 is 0.594 bits per heavy atom. The Kier molecular flexibility index (Phi) is 3.63. The fraction of sp³-hybridized carbons (Fsp3) is 0.0345.